The molecule has 7 nitrogen and oxygen atoms in total. The van der Waals surface area contributed by atoms with Crippen molar-refractivity contribution in [2.75, 3.05) is 45.1 Å². The minimum atomic E-state index is -0.431. The molecule has 0 bridgehead atoms. The minimum absolute atomic E-state index is 0.111. The topological polar surface area (TPSA) is 89.1 Å². The number of nitrogens with zero attached hydrogens (tertiary/aromatic N) is 2. The van der Waals surface area contributed by atoms with E-state index in [1.807, 2.05) is 0 Å². The molecule has 1 aliphatic rings. The van der Waals surface area contributed by atoms with Crippen molar-refractivity contribution < 1.29 is 18.7 Å². The molecule has 1 fully saturated rings. The van der Waals surface area contributed by atoms with Crippen molar-refractivity contribution in [1.82, 2.24) is 14.6 Å². The van der Waals surface area contributed by atoms with E-state index >= 15 is 0 Å². The van der Waals surface area contributed by atoms with Gasteiger partial charge in [-0.15, -0.1) is 0 Å². The first-order valence-electron chi connectivity index (χ1n) is 9.83. The first-order chi connectivity index (χ1) is 14.6. The zero-order valence-corrected chi connectivity index (χ0v) is 16.4. The second-order valence-corrected chi connectivity index (χ2v) is 7.14. The number of fused-ring (bicyclic) bond motifs is 1. The van der Waals surface area contributed by atoms with Gasteiger partial charge in [0.15, 0.2) is 0 Å². The predicted molar refractivity (Wildman–Crippen MR) is 111 cm³/mol. The van der Waals surface area contributed by atoms with Crippen molar-refractivity contribution >= 4 is 22.9 Å². The maximum Gasteiger partial charge on any atom is 0.255 e. The molecular formula is C22H23FN4O3. The maximum atomic E-state index is 13.2. The van der Waals surface area contributed by atoms with Crippen molar-refractivity contribution in [1.29, 1.82) is 0 Å². The quantitative estimate of drug-likeness (QED) is 0.607. The van der Waals surface area contributed by atoms with Crippen molar-refractivity contribution in [2.45, 2.75) is 0 Å². The molecule has 1 aromatic carbocycles. The van der Waals surface area contributed by atoms with E-state index in [9.17, 15) is 14.0 Å². The Bertz CT molecular complexity index is 1070. The van der Waals surface area contributed by atoms with Crippen molar-refractivity contribution in [3.8, 4) is 0 Å². The Balaban J connectivity index is 1.60. The summed E-state index contributed by atoms with van der Waals surface area (Å²) in [6.45, 7) is 4.23. The molecule has 0 aliphatic carbocycles. The lowest BCUT2D eigenvalue weighted by atomic mass is 10.1. The first kappa shape index (κ1) is 20.1. The van der Waals surface area contributed by atoms with Crippen LogP contribution in [-0.2, 0) is 4.74 Å². The second-order valence-electron chi connectivity index (χ2n) is 7.14. The van der Waals surface area contributed by atoms with Crippen LogP contribution < -0.4 is 11.1 Å². The average molecular weight is 410 g/mol. The highest BCUT2D eigenvalue weighted by atomic mass is 19.1. The largest absolute Gasteiger partial charge is 0.396 e. The molecule has 0 atom stereocenters. The summed E-state index contributed by atoms with van der Waals surface area (Å²) in [5.74, 6) is -1.14. The first-order valence-corrected chi connectivity index (χ1v) is 9.83. The number of hydrogen-bond donors (Lipinski definition) is 2. The van der Waals surface area contributed by atoms with Crippen LogP contribution in [0.4, 0.5) is 10.1 Å². The monoisotopic (exact) mass is 410 g/mol. The lowest BCUT2D eigenvalue weighted by Gasteiger charge is -2.26. The Morgan fingerprint density at radius 3 is 2.57 bits per heavy atom. The molecule has 0 unspecified atom stereocenters. The van der Waals surface area contributed by atoms with Gasteiger partial charge in [-0.3, -0.25) is 14.5 Å². The highest BCUT2D eigenvalue weighted by Gasteiger charge is 2.26. The summed E-state index contributed by atoms with van der Waals surface area (Å²) in [6, 6.07) is 10.5. The average Bonchev–Trinajstić information content (AvgIpc) is 3.06. The standard InChI is InChI=1S/C22H23FN4O3/c23-16-6-4-15(5-7-16)21(28)20-19(24)18(17-3-1-2-9-27(17)20)22(29)25-8-10-26-11-13-30-14-12-26/h1-7,9H,8,10-14,24H2,(H,25,29). The molecule has 3 aromatic rings. The van der Waals surface area contributed by atoms with Gasteiger partial charge in [0.1, 0.15) is 11.5 Å². The lowest BCUT2D eigenvalue weighted by Crippen LogP contribution is -2.41. The van der Waals surface area contributed by atoms with Crippen LogP contribution in [-0.4, -0.2) is 60.4 Å². The van der Waals surface area contributed by atoms with E-state index in [4.69, 9.17) is 10.5 Å². The number of carbonyl (C=O) groups is 2. The Hall–Kier alpha value is -3.23. The number of amides is 1. The molecule has 156 valence electrons. The summed E-state index contributed by atoms with van der Waals surface area (Å²) in [7, 11) is 0. The number of ketones is 1. The van der Waals surface area contributed by atoms with E-state index in [0.29, 0.717) is 37.4 Å². The van der Waals surface area contributed by atoms with Crippen LogP contribution in [0.3, 0.4) is 0 Å². The number of ether oxygens (including phenoxy) is 1. The molecule has 8 heteroatoms. The van der Waals surface area contributed by atoms with Crippen LogP contribution in [0, 0.1) is 5.82 Å². The van der Waals surface area contributed by atoms with Gasteiger partial charge in [-0.1, -0.05) is 6.07 Å². The van der Waals surface area contributed by atoms with Gasteiger partial charge in [-0.25, -0.2) is 4.39 Å². The summed E-state index contributed by atoms with van der Waals surface area (Å²) in [6.07, 6.45) is 1.69. The van der Waals surface area contributed by atoms with E-state index in [0.717, 1.165) is 13.1 Å². The molecule has 0 saturated carbocycles. The Morgan fingerprint density at radius 1 is 1.10 bits per heavy atom. The molecule has 2 aromatic heterocycles. The van der Waals surface area contributed by atoms with Gasteiger partial charge in [-0.2, -0.15) is 0 Å². The van der Waals surface area contributed by atoms with Gasteiger partial charge >= 0.3 is 0 Å². The van der Waals surface area contributed by atoms with Gasteiger partial charge in [0, 0.05) is 37.9 Å². The third-order valence-electron chi connectivity index (χ3n) is 5.25. The van der Waals surface area contributed by atoms with Crippen LogP contribution in [0.15, 0.2) is 48.7 Å². The predicted octanol–water partition coefficient (Wildman–Crippen LogP) is 1.95. The number of nitrogens with two attached hydrogens (primary N) is 1. The van der Waals surface area contributed by atoms with Gasteiger partial charge in [0.2, 0.25) is 5.78 Å². The maximum absolute atomic E-state index is 13.2. The molecule has 4 rings (SSSR count). The molecular weight excluding hydrogens is 387 g/mol. The molecule has 0 spiro atoms. The number of anilines is 1. The van der Waals surface area contributed by atoms with Crippen LogP contribution in [0.5, 0.6) is 0 Å². The van der Waals surface area contributed by atoms with Crippen LogP contribution >= 0.6 is 0 Å². The number of nitrogens with one attached hydrogen (secondary N) is 1. The molecule has 3 N–H and O–H groups in total. The molecule has 1 saturated heterocycles. The van der Waals surface area contributed by atoms with Gasteiger partial charge in [-0.05, 0) is 36.4 Å². The number of nitrogen functional groups attached to an aromatic ring is 1. The highest BCUT2D eigenvalue weighted by Crippen LogP contribution is 2.28. The zero-order valence-electron chi connectivity index (χ0n) is 16.4. The summed E-state index contributed by atoms with van der Waals surface area (Å²) < 4.78 is 20.2. The van der Waals surface area contributed by atoms with E-state index in [1.165, 1.54) is 24.3 Å². The smallest absolute Gasteiger partial charge is 0.255 e. The Kier molecular flexibility index (Phi) is 5.78. The number of rotatable bonds is 6. The number of aromatic nitrogens is 1. The summed E-state index contributed by atoms with van der Waals surface area (Å²) in [4.78, 5) is 28.2. The summed E-state index contributed by atoms with van der Waals surface area (Å²) >= 11 is 0. The molecule has 0 radical (unpaired) electrons. The van der Waals surface area contributed by atoms with E-state index in [2.05, 4.69) is 10.2 Å². The number of morpholine rings is 1. The molecule has 1 amide bonds. The minimum Gasteiger partial charge on any atom is -0.396 e. The fourth-order valence-corrected chi connectivity index (χ4v) is 3.68. The van der Waals surface area contributed by atoms with Crippen LogP contribution in [0.1, 0.15) is 26.4 Å². The van der Waals surface area contributed by atoms with Crippen molar-refractivity contribution in [3.63, 3.8) is 0 Å². The fourth-order valence-electron chi connectivity index (χ4n) is 3.68. The van der Waals surface area contributed by atoms with E-state index in [-0.39, 0.29) is 28.6 Å². The molecule has 30 heavy (non-hydrogen) atoms. The summed E-state index contributed by atoms with van der Waals surface area (Å²) in [5, 5.41) is 2.90. The number of pyridine rings is 1. The number of halogens is 1. The zero-order chi connectivity index (χ0) is 21.1. The fraction of sp³-hybridized carbons (Fsp3) is 0.273. The van der Waals surface area contributed by atoms with Gasteiger partial charge in [0.25, 0.3) is 5.91 Å². The SMILES string of the molecule is Nc1c(C(=O)NCCN2CCOCC2)c2ccccn2c1C(=O)c1ccc(F)cc1. The second kappa shape index (κ2) is 8.64. The number of carbonyl (C=O) groups excluding carboxylic acids is 2. The van der Waals surface area contributed by atoms with E-state index < -0.39 is 5.82 Å². The normalized spacial score (nSPS) is 14.7. The molecule has 3 heterocycles. The van der Waals surface area contributed by atoms with Gasteiger partial charge in [0.05, 0.1) is 30.0 Å². The Labute approximate surface area is 173 Å². The highest BCUT2D eigenvalue weighted by molar-refractivity contribution is 6.17. The lowest BCUT2D eigenvalue weighted by molar-refractivity contribution is 0.0383. The van der Waals surface area contributed by atoms with Crippen LogP contribution in [0.25, 0.3) is 5.52 Å². The van der Waals surface area contributed by atoms with Gasteiger partial charge < -0.3 is 20.2 Å². The third kappa shape index (κ3) is 3.92. The third-order valence-corrected chi connectivity index (χ3v) is 5.25. The van der Waals surface area contributed by atoms with E-state index in [1.54, 1.807) is 28.8 Å². The van der Waals surface area contributed by atoms with Crippen molar-refractivity contribution in [3.05, 3.63) is 71.3 Å². The number of hydrogen-bond acceptors (Lipinski definition) is 5. The molecule has 1 aliphatic heterocycles. The van der Waals surface area contributed by atoms with Crippen LogP contribution in [0.2, 0.25) is 0 Å². The summed E-state index contributed by atoms with van der Waals surface area (Å²) in [5.41, 5.74) is 7.71. The van der Waals surface area contributed by atoms with Crippen molar-refractivity contribution in [2.24, 2.45) is 0 Å². The number of benzene rings is 1. The Morgan fingerprint density at radius 2 is 1.83 bits per heavy atom.